The Morgan fingerprint density at radius 2 is 1.82 bits per heavy atom. The van der Waals surface area contributed by atoms with Crippen molar-refractivity contribution in [3.63, 3.8) is 0 Å². The minimum atomic E-state index is -4.58. The maximum Gasteiger partial charge on any atom is 0.416 e. The number of fused-ring (bicyclic) bond motifs is 1. The van der Waals surface area contributed by atoms with Crippen molar-refractivity contribution < 1.29 is 32.2 Å². The normalized spacial score (nSPS) is 20.2. The third-order valence-corrected chi connectivity index (χ3v) is 8.79. The molecule has 1 saturated heterocycles. The lowest BCUT2D eigenvalue weighted by Gasteiger charge is -2.34. The number of methoxy groups -OCH3 is 1. The minimum absolute atomic E-state index is 0.0221. The van der Waals surface area contributed by atoms with E-state index >= 15 is 0 Å². The van der Waals surface area contributed by atoms with Gasteiger partial charge in [0.1, 0.15) is 23.1 Å². The van der Waals surface area contributed by atoms with Crippen molar-refractivity contribution in [1.29, 1.82) is 0 Å². The molecule has 0 radical (unpaired) electrons. The van der Waals surface area contributed by atoms with Crippen molar-refractivity contribution in [2.24, 2.45) is 0 Å². The number of alkyl halides is 3. The Morgan fingerprint density at radius 1 is 1.04 bits per heavy atom. The topological polar surface area (TPSA) is 96.0 Å². The summed E-state index contributed by atoms with van der Waals surface area (Å²) in [5.41, 5.74) is 1.02. The molecule has 2 atom stereocenters. The number of anilines is 1. The highest BCUT2D eigenvalue weighted by atomic mass is 19.4. The van der Waals surface area contributed by atoms with Gasteiger partial charge < -0.3 is 25.0 Å². The van der Waals surface area contributed by atoms with Gasteiger partial charge in [0, 0.05) is 74.0 Å². The largest absolute Gasteiger partial charge is 0.496 e. The van der Waals surface area contributed by atoms with Gasteiger partial charge >= 0.3 is 6.18 Å². The number of likely N-dealkylation sites (N-methyl/N-ethyl adjacent to an activating group) is 1. The van der Waals surface area contributed by atoms with Crippen LogP contribution >= 0.6 is 0 Å². The van der Waals surface area contributed by atoms with E-state index in [9.17, 15) is 22.8 Å². The van der Waals surface area contributed by atoms with Gasteiger partial charge in [-0.25, -0.2) is 4.98 Å². The number of nitrogens with zero attached hydrogens (tertiary/aromatic N) is 3. The fraction of sp³-hybridized carbons (Fsp3) is 0.424. The van der Waals surface area contributed by atoms with Gasteiger partial charge in [-0.05, 0) is 61.3 Å². The maximum atomic E-state index is 14.1. The van der Waals surface area contributed by atoms with Gasteiger partial charge in [0.2, 0.25) is 5.91 Å². The van der Waals surface area contributed by atoms with E-state index in [4.69, 9.17) is 9.47 Å². The number of halogens is 3. The van der Waals surface area contributed by atoms with Crippen LogP contribution in [-0.2, 0) is 23.9 Å². The molecular formula is C33H36F3N5O4. The quantitative estimate of drug-likeness (QED) is 0.338. The second kappa shape index (κ2) is 12.7. The van der Waals surface area contributed by atoms with E-state index in [1.54, 1.807) is 31.5 Å². The zero-order chi connectivity index (χ0) is 31.7. The number of benzene rings is 2. The van der Waals surface area contributed by atoms with Crippen molar-refractivity contribution >= 4 is 17.6 Å². The number of hydrogen-bond acceptors (Lipinski definition) is 7. The van der Waals surface area contributed by atoms with Gasteiger partial charge in [-0.3, -0.25) is 14.5 Å². The monoisotopic (exact) mass is 623 g/mol. The van der Waals surface area contributed by atoms with E-state index in [-0.39, 0.29) is 35.5 Å². The van der Waals surface area contributed by atoms with Crippen LogP contribution in [0.5, 0.6) is 17.2 Å². The highest BCUT2D eigenvalue weighted by Gasteiger charge is 2.42. The van der Waals surface area contributed by atoms with E-state index in [0.717, 1.165) is 36.8 Å². The molecule has 12 heteroatoms. The molecular weight excluding hydrogens is 587 g/mol. The number of amides is 2. The Morgan fingerprint density at radius 3 is 2.56 bits per heavy atom. The molecule has 2 N–H and O–H groups in total. The Kier molecular flexibility index (Phi) is 8.69. The highest BCUT2D eigenvalue weighted by Crippen LogP contribution is 2.47. The van der Waals surface area contributed by atoms with Crippen LogP contribution in [0, 0.1) is 0 Å². The zero-order valence-electron chi connectivity index (χ0n) is 25.2. The first-order valence-corrected chi connectivity index (χ1v) is 15.2. The molecule has 238 valence electrons. The molecule has 6 rings (SSSR count). The number of pyridine rings is 1. The van der Waals surface area contributed by atoms with Crippen LogP contribution in [0.2, 0.25) is 0 Å². The standard InChI is InChI=1S/C33H36F3N5O4/c1-3-40-12-14-41(15-13-40)19-21-5-4-20(16-26(21)33(34,35)36)32(43)38-27-18-24(27)25-17-22(6-8-28(25)44-2)45-29-10-11-37-31-23(29)7-9-30(42)39-31/h4-6,8,10-11,16-17,24,27H,3,7,9,12-15,18-19H2,1-2H3,(H,38,43)(H,37,39,42). The predicted molar refractivity (Wildman–Crippen MR) is 162 cm³/mol. The van der Waals surface area contributed by atoms with Crippen molar-refractivity contribution in [1.82, 2.24) is 20.1 Å². The summed E-state index contributed by atoms with van der Waals surface area (Å²) >= 11 is 0. The number of rotatable bonds is 9. The van der Waals surface area contributed by atoms with E-state index in [2.05, 4.69) is 27.4 Å². The summed E-state index contributed by atoms with van der Waals surface area (Å²) in [5.74, 6) is 1.51. The van der Waals surface area contributed by atoms with Gasteiger partial charge in [-0.2, -0.15) is 13.2 Å². The Hall–Kier alpha value is -4.16. The second-order valence-electron chi connectivity index (χ2n) is 11.7. The third kappa shape index (κ3) is 6.91. The molecule has 3 aromatic rings. The van der Waals surface area contributed by atoms with Gasteiger partial charge in [-0.15, -0.1) is 0 Å². The Balaban J connectivity index is 1.14. The summed E-state index contributed by atoms with van der Waals surface area (Å²) in [6, 6.07) is 10.8. The summed E-state index contributed by atoms with van der Waals surface area (Å²) in [6.07, 6.45) is -1.55. The molecule has 2 aromatic carbocycles. The molecule has 0 spiro atoms. The van der Waals surface area contributed by atoms with E-state index in [1.165, 1.54) is 12.1 Å². The number of hydrogen-bond donors (Lipinski definition) is 2. The van der Waals surface area contributed by atoms with Crippen LogP contribution in [-0.4, -0.2) is 72.5 Å². The average molecular weight is 624 g/mol. The van der Waals surface area contributed by atoms with Crippen LogP contribution in [0.3, 0.4) is 0 Å². The van der Waals surface area contributed by atoms with Crippen LogP contribution in [0.25, 0.3) is 0 Å². The van der Waals surface area contributed by atoms with Gasteiger partial charge in [0.15, 0.2) is 0 Å². The maximum absolute atomic E-state index is 14.1. The molecule has 1 aromatic heterocycles. The molecule has 2 amide bonds. The lowest BCUT2D eigenvalue weighted by atomic mass is 10.0. The number of carbonyl (C=O) groups is 2. The number of piperazine rings is 1. The van der Waals surface area contributed by atoms with Crippen molar-refractivity contribution in [3.8, 4) is 17.2 Å². The molecule has 3 heterocycles. The SMILES string of the molecule is CCN1CCN(Cc2ccc(C(=O)NC3CC3c3cc(Oc4ccnc5c4CCC(=O)N5)ccc3OC)cc2C(F)(F)F)CC1. The number of nitrogens with one attached hydrogen (secondary N) is 2. The second-order valence-corrected chi connectivity index (χ2v) is 11.7. The first-order chi connectivity index (χ1) is 21.6. The molecule has 45 heavy (non-hydrogen) atoms. The highest BCUT2D eigenvalue weighted by molar-refractivity contribution is 5.95. The third-order valence-electron chi connectivity index (χ3n) is 8.79. The van der Waals surface area contributed by atoms with Crippen LogP contribution < -0.4 is 20.1 Å². The molecule has 2 fully saturated rings. The smallest absolute Gasteiger partial charge is 0.416 e. The molecule has 2 aliphatic heterocycles. The van der Waals surface area contributed by atoms with Crippen LogP contribution in [0.15, 0.2) is 48.7 Å². The summed E-state index contributed by atoms with van der Waals surface area (Å²) in [6.45, 7) is 6.25. The molecule has 9 nitrogen and oxygen atoms in total. The Labute approximate surface area is 259 Å². The molecule has 1 saturated carbocycles. The molecule has 0 bridgehead atoms. The molecule has 3 aliphatic rings. The van der Waals surface area contributed by atoms with Crippen LogP contribution in [0.1, 0.15) is 58.3 Å². The van der Waals surface area contributed by atoms with E-state index < -0.39 is 17.6 Å². The number of carbonyl (C=O) groups excluding carboxylic acids is 2. The molecule has 2 unspecified atom stereocenters. The van der Waals surface area contributed by atoms with Crippen molar-refractivity contribution in [2.45, 2.75) is 50.9 Å². The van der Waals surface area contributed by atoms with Gasteiger partial charge in [0.05, 0.1) is 12.7 Å². The fourth-order valence-electron chi connectivity index (χ4n) is 6.12. The van der Waals surface area contributed by atoms with Crippen molar-refractivity contribution in [3.05, 3.63) is 76.5 Å². The average Bonchev–Trinajstić information content (AvgIpc) is 3.79. The van der Waals surface area contributed by atoms with Gasteiger partial charge in [-0.1, -0.05) is 13.0 Å². The van der Waals surface area contributed by atoms with Crippen molar-refractivity contribution in [2.75, 3.05) is 45.2 Å². The van der Waals surface area contributed by atoms with Gasteiger partial charge in [0.25, 0.3) is 5.91 Å². The summed E-state index contributed by atoms with van der Waals surface area (Å²) in [7, 11) is 1.56. The summed E-state index contributed by atoms with van der Waals surface area (Å²) in [5, 5.41) is 5.67. The minimum Gasteiger partial charge on any atom is -0.496 e. The van der Waals surface area contributed by atoms with E-state index in [1.807, 2.05) is 11.0 Å². The summed E-state index contributed by atoms with van der Waals surface area (Å²) < 4.78 is 54.1. The van der Waals surface area contributed by atoms with E-state index in [0.29, 0.717) is 55.4 Å². The first kappa shape index (κ1) is 30.8. The zero-order valence-corrected chi connectivity index (χ0v) is 25.2. The number of aromatic nitrogens is 1. The molecule has 1 aliphatic carbocycles. The lowest BCUT2D eigenvalue weighted by Crippen LogP contribution is -2.45. The predicted octanol–water partition coefficient (Wildman–Crippen LogP) is 5.21. The Bertz CT molecular complexity index is 1590. The number of ether oxygens (including phenoxy) is 2. The summed E-state index contributed by atoms with van der Waals surface area (Å²) in [4.78, 5) is 33.5. The first-order valence-electron chi connectivity index (χ1n) is 15.2. The lowest BCUT2D eigenvalue weighted by molar-refractivity contribution is -0.138. The van der Waals surface area contributed by atoms with Crippen LogP contribution in [0.4, 0.5) is 19.0 Å². The fourth-order valence-corrected chi connectivity index (χ4v) is 6.12.